The molecule has 0 aliphatic heterocycles. The maximum atomic E-state index is 13.4. The van der Waals surface area contributed by atoms with E-state index in [1.165, 1.54) is 29.6 Å². The minimum Gasteiger partial charge on any atom is -0.344 e. The van der Waals surface area contributed by atoms with Crippen molar-refractivity contribution in [1.82, 2.24) is 4.57 Å². The van der Waals surface area contributed by atoms with Gasteiger partial charge in [0.15, 0.2) is 0 Å². The molecule has 96 valence electrons. The molecule has 0 fully saturated rings. The van der Waals surface area contributed by atoms with E-state index < -0.39 is 0 Å². The molecule has 0 bridgehead atoms. The molecular weight excluding hydrogens is 227 g/mol. The maximum Gasteiger partial charge on any atom is 0.123 e. The molecular formula is C15H19FN2. The molecule has 0 saturated carbocycles. The van der Waals surface area contributed by atoms with E-state index in [2.05, 4.69) is 4.57 Å². The second-order valence-electron chi connectivity index (χ2n) is 5.09. The van der Waals surface area contributed by atoms with E-state index in [1.807, 2.05) is 6.07 Å². The average molecular weight is 246 g/mol. The smallest absolute Gasteiger partial charge is 0.123 e. The van der Waals surface area contributed by atoms with E-state index in [0.29, 0.717) is 6.54 Å². The molecule has 0 saturated heterocycles. The molecule has 1 aromatic carbocycles. The molecule has 3 heteroatoms. The number of rotatable bonds is 3. The molecule has 0 unspecified atom stereocenters. The summed E-state index contributed by atoms with van der Waals surface area (Å²) in [5.41, 5.74) is 9.57. The zero-order valence-corrected chi connectivity index (χ0v) is 10.6. The van der Waals surface area contributed by atoms with Crippen LogP contribution in [-0.4, -0.2) is 11.1 Å². The highest BCUT2D eigenvalue weighted by molar-refractivity contribution is 5.86. The summed E-state index contributed by atoms with van der Waals surface area (Å²) in [6.07, 6.45) is 5.66. The summed E-state index contributed by atoms with van der Waals surface area (Å²) in [6.45, 7) is 1.66. The minimum absolute atomic E-state index is 0.133. The van der Waals surface area contributed by atoms with Crippen molar-refractivity contribution in [2.45, 2.75) is 38.6 Å². The first-order valence-corrected chi connectivity index (χ1v) is 6.81. The first kappa shape index (κ1) is 11.7. The molecule has 1 heterocycles. The summed E-state index contributed by atoms with van der Waals surface area (Å²) in [5, 5.41) is 1.11. The Hall–Kier alpha value is -1.35. The third kappa shape index (κ3) is 1.83. The van der Waals surface area contributed by atoms with Crippen molar-refractivity contribution >= 4 is 10.9 Å². The van der Waals surface area contributed by atoms with Gasteiger partial charge in [0.2, 0.25) is 0 Å². The number of halogens is 1. The fourth-order valence-corrected chi connectivity index (χ4v) is 3.11. The second-order valence-corrected chi connectivity index (χ2v) is 5.09. The minimum atomic E-state index is -0.133. The van der Waals surface area contributed by atoms with Crippen LogP contribution in [0.15, 0.2) is 18.2 Å². The van der Waals surface area contributed by atoms with Crippen LogP contribution in [0.5, 0.6) is 0 Å². The van der Waals surface area contributed by atoms with E-state index in [0.717, 1.165) is 31.2 Å². The SMILES string of the molecule is NCCCn1c2c(c3cc(F)ccc31)CCCC2. The first-order valence-electron chi connectivity index (χ1n) is 6.81. The predicted octanol–water partition coefficient (Wildman–Crippen LogP) is 3.01. The normalized spacial score (nSPS) is 15.0. The van der Waals surface area contributed by atoms with Crippen LogP contribution in [0.1, 0.15) is 30.5 Å². The standard InChI is InChI=1S/C15H19FN2/c16-11-6-7-15-13(10-11)12-4-1-2-5-14(12)18(15)9-3-8-17/h6-7,10H,1-5,8-9,17H2. The van der Waals surface area contributed by atoms with Gasteiger partial charge in [-0.05, 0) is 62.4 Å². The molecule has 1 aliphatic carbocycles. The van der Waals surface area contributed by atoms with Crippen LogP contribution in [0.3, 0.4) is 0 Å². The van der Waals surface area contributed by atoms with Gasteiger partial charge in [0.1, 0.15) is 5.82 Å². The molecule has 18 heavy (non-hydrogen) atoms. The summed E-state index contributed by atoms with van der Waals surface area (Å²) >= 11 is 0. The van der Waals surface area contributed by atoms with Crippen LogP contribution in [0.25, 0.3) is 10.9 Å². The van der Waals surface area contributed by atoms with E-state index in [1.54, 1.807) is 12.1 Å². The third-order valence-electron chi connectivity index (χ3n) is 3.92. The number of aromatic nitrogens is 1. The lowest BCUT2D eigenvalue weighted by Gasteiger charge is -2.15. The molecule has 2 aromatic rings. The van der Waals surface area contributed by atoms with Gasteiger partial charge in [0.05, 0.1) is 0 Å². The van der Waals surface area contributed by atoms with Gasteiger partial charge in [0, 0.05) is 23.1 Å². The Bertz CT molecular complexity index is 571. The van der Waals surface area contributed by atoms with Gasteiger partial charge in [-0.2, -0.15) is 0 Å². The van der Waals surface area contributed by atoms with Gasteiger partial charge >= 0.3 is 0 Å². The Morgan fingerprint density at radius 3 is 2.89 bits per heavy atom. The lowest BCUT2D eigenvalue weighted by atomic mass is 9.95. The zero-order valence-electron chi connectivity index (χ0n) is 10.6. The van der Waals surface area contributed by atoms with Crippen molar-refractivity contribution in [1.29, 1.82) is 0 Å². The highest BCUT2D eigenvalue weighted by Crippen LogP contribution is 2.32. The van der Waals surface area contributed by atoms with Gasteiger partial charge in [0.25, 0.3) is 0 Å². The molecule has 0 spiro atoms. The van der Waals surface area contributed by atoms with Gasteiger partial charge in [-0.15, -0.1) is 0 Å². The number of nitrogens with zero attached hydrogens (tertiary/aromatic N) is 1. The van der Waals surface area contributed by atoms with Gasteiger partial charge in [-0.3, -0.25) is 0 Å². The Labute approximate surface area is 107 Å². The number of nitrogens with two attached hydrogens (primary N) is 1. The van der Waals surface area contributed by atoms with Crippen LogP contribution in [0, 0.1) is 5.82 Å². The molecule has 3 rings (SSSR count). The summed E-state index contributed by atoms with van der Waals surface area (Å²) < 4.78 is 15.8. The summed E-state index contributed by atoms with van der Waals surface area (Å²) in [6, 6.07) is 5.17. The fourth-order valence-electron chi connectivity index (χ4n) is 3.11. The molecule has 2 N–H and O–H groups in total. The lowest BCUT2D eigenvalue weighted by molar-refractivity contribution is 0.596. The lowest BCUT2D eigenvalue weighted by Crippen LogP contribution is -2.11. The highest BCUT2D eigenvalue weighted by atomic mass is 19.1. The maximum absolute atomic E-state index is 13.4. The highest BCUT2D eigenvalue weighted by Gasteiger charge is 2.19. The number of benzene rings is 1. The topological polar surface area (TPSA) is 30.9 Å². The quantitative estimate of drug-likeness (QED) is 0.886. The predicted molar refractivity (Wildman–Crippen MR) is 72.2 cm³/mol. The third-order valence-corrected chi connectivity index (χ3v) is 3.92. The van der Waals surface area contributed by atoms with Crippen molar-refractivity contribution in [2.24, 2.45) is 5.73 Å². The van der Waals surface area contributed by atoms with E-state index in [4.69, 9.17) is 5.73 Å². The van der Waals surface area contributed by atoms with Crippen molar-refractivity contribution in [3.8, 4) is 0 Å². The van der Waals surface area contributed by atoms with Crippen LogP contribution < -0.4 is 5.73 Å². The Morgan fingerprint density at radius 2 is 2.06 bits per heavy atom. The fraction of sp³-hybridized carbons (Fsp3) is 0.467. The van der Waals surface area contributed by atoms with Crippen LogP contribution in [0.4, 0.5) is 4.39 Å². The number of hydrogen-bond acceptors (Lipinski definition) is 1. The van der Waals surface area contributed by atoms with Crippen molar-refractivity contribution in [2.75, 3.05) is 6.54 Å². The van der Waals surface area contributed by atoms with Crippen LogP contribution >= 0.6 is 0 Å². The molecule has 2 nitrogen and oxygen atoms in total. The molecule has 1 aliphatic rings. The summed E-state index contributed by atoms with van der Waals surface area (Å²) in [5.74, 6) is -0.133. The summed E-state index contributed by atoms with van der Waals surface area (Å²) in [7, 11) is 0. The summed E-state index contributed by atoms with van der Waals surface area (Å²) in [4.78, 5) is 0. The molecule has 1 aromatic heterocycles. The Kier molecular flexibility index (Phi) is 3.08. The zero-order chi connectivity index (χ0) is 12.5. The number of fused-ring (bicyclic) bond motifs is 3. The van der Waals surface area contributed by atoms with Gasteiger partial charge in [-0.25, -0.2) is 4.39 Å². The largest absolute Gasteiger partial charge is 0.344 e. The second kappa shape index (κ2) is 4.73. The Morgan fingerprint density at radius 1 is 1.22 bits per heavy atom. The number of aryl methyl sites for hydroxylation is 2. The van der Waals surface area contributed by atoms with Crippen molar-refractivity contribution in [3.63, 3.8) is 0 Å². The van der Waals surface area contributed by atoms with Gasteiger partial charge < -0.3 is 10.3 Å². The molecule has 0 atom stereocenters. The number of hydrogen-bond donors (Lipinski definition) is 1. The first-order chi connectivity index (χ1) is 8.81. The van der Waals surface area contributed by atoms with Crippen molar-refractivity contribution in [3.05, 3.63) is 35.3 Å². The average Bonchev–Trinajstić information content (AvgIpc) is 2.70. The van der Waals surface area contributed by atoms with Crippen LogP contribution in [0.2, 0.25) is 0 Å². The molecule has 0 amide bonds. The van der Waals surface area contributed by atoms with E-state index in [-0.39, 0.29) is 5.82 Å². The Balaban J connectivity index is 2.19. The van der Waals surface area contributed by atoms with Crippen LogP contribution in [-0.2, 0) is 19.4 Å². The van der Waals surface area contributed by atoms with E-state index >= 15 is 0 Å². The van der Waals surface area contributed by atoms with Gasteiger partial charge in [-0.1, -0.05) is 0 Å². The molecule has 0 radical (unpaired) electrons. The van der Waals surface area contributed by atoms with E-state index in [9.17, 15) is 4.39 Å². The van der Waals surface area contributed by atoms with Crippen molar-refractivity contribution < 1.29 is 4.39 Å². The monoisotopic (exact) mass is 246 g/mol.